The molecule has 1 aliphatic heterocycles. The first-order valence-corrected chi connectivity index (χ1v) is 6.94. The van der Waals surface area contributed by atoms with Crippen molar-refractivity contribution in [3.63, 3.8) is 0 Å². The van der Waals surface area contributed by atoms with Crippen LogP contribution in [-0.2, 0) is 13.0 Å². The van der Waals surface area contributed by atoms with Crippen LogP contribution in [0.25, 0.3) is 0 Å². The lowest BCUT2D eigenvalue weighted by Gasteiger charge is -2.15. The van der Waals surface area contributed by atoms with Crippen LogP contribution in [0.4, 0.5) is 0 Å². The number of carbonyl (C=O) groups is 1. The van der Waals surface area contributed by atoms with Gasteiger partial charge in [0, 0.05) is 19.0 Å². The van der Waals surface area contributed by atoms with E-state index in [1.54, 1.807) is 18.4 Å². The monoisotopic (exact) mass is 291 g/mol. The van der Waals surface area contributed by atoms with E-state index >= 15 is 0 Å². The number of H-pyrrole nitrogens is 1. The highest BCUT2D eigenvalue weighted by atomic mass is 16.5. The molecular weight excluding hydrogens is 274 g/mol. The Morgan fingerprint density at radius 2 is 2.24 bits per heavy atom. The summed E-state index contributed by atoms with van der Waals surface area (Å²) in [6.45, 7) is 4.02. The first-order valence-electron chi connectivity index (χ1n) is 6.94. The molecule has 8 heteroatoms. The lowest BCUT2D eigenvalue weighted by molar-refractivity contribution is 0.0931. The summed E-state index contributed by atoms with van der Waals surface area (Å²) in [6, 6.07) is 0.00676. The predicted octanol–water partition coefficient (Wildman–Crippen LogP) is 0.311. The Morgan fingerprint density at radius 3 is 2.95 bits per heavy atom. The topological polar surface area (TPSA) is 106 Å². The van der Waals surface area contributed by atoms with Gasteiger partial charge in [-0.25, -0.2) is 9.89 Å². The summed E-state index contributed by atoms with van der Waals surface area (Å²) < 4.78 is 6.64. The molecule has 21 heavy (non-hydrogen) atoms. The molecule has 1 atom stereocenters. The molecule has 0 spiro atoms. The van der Waals surface area contributed by atoms with E-state index in [1.807, 2.05) is 0 Å². The van der Waals surface area contributed by atoms with Crippen LogP contribution in [0.3, 0.4) is 0 Å². The fourth-order valence-corrected chi connectivity index (χ4v) is 2.71. The first kappa shape index (κ1) is 13.6. The van der Waals surface area contributed by atoms with Crippen LogP contribution in [0.5, 0.6) is 0 Å². The summed E-state index contributed by atoms with van der Waals surface area (Å²) in [4.78, 5) is 23.9. The van der Waals surface area contributed by atoms with Crippen LogP contribution in [0.15, 0.2) is 9.32 Å². The number of rotatable bonds is 2. The Morgan fingerprint density at radius 1 is 1.43 bits per heavy atom. The molecule has 0 bridgehead atoms. The van der Waals surface area contributed by atoms with Gasteiger partial charge in [0.15, 0.2) is 0 Å². The quantitative estimate of drug-likeness (QED) is 0.828. The van der Waals surface area contributed by atoms with Gasteiger partial charge in [-0.2, -0.15) is 5.10 Å². The maximum atomic E-state index is 12.3. The maximum Gasteiger partial charge on any atom is 0.343 e. The summed E-state index contributed by atoms with van der Waals surface area (Å²) in [5.41, 5.74) is 0.889. The van der Waals surface area contributed by atoms with E-state index in [4.69, 9.17) is 4.52 Å². The summed E-state index contributed by atoms with van der Waals surface area (Å²) in [7, 11) is 0. The number of aryl methyl sites for hydroxylation is 3. The molecule has 2 aromatic rings. The maximum absolute atomic E-state index is 12.3. The van der Waals surface area contributed by atoms with Gasteiger partial charge in [-0.1, -0.05) is 5.16 Å². The van der Waals surface area contributed by atoms with Crippen LogP contribution in [0, 0.1) is 13.8 Å². The minimum atomic E-state index is -0.192. The van der Waals surface area contributed by atoms with E-state index in [1.165, 1.54) is 0 Å². The molecule has 1 aliphatic rings. The van der Waals surface area contributed by atoms with E-state index in [-0.39, 0.29) is 17.6 Å². The lowest BCUT2D eigenvalue weighted by Crippen LogP contribution is -2.36. The molecule has 0 saturated carbocycles. The van der Waals surface area contributed by atoms with Crippen molar-refractivity contribution in [3.8, 4) is 0 Å². The Balaban J connectivity index is 1.70. The van der Waals surface area contributed by atoms with Gasteiger partial charge >= 0.3 is 5.69 Å². The van der Waals surface area contributed by atoms with Gasteiger partial charge in [0.05, 0.1) is 5.69 Å². The molecule has 8 nitrogen and oxygen atoms in total. The highest BCUT2D eigenvalue weighted by Gasteiger charge is 2.23. The second-order valence-electron chi connectivity index (χ2n) is 5.29. The number of amides is 1. The van der Waals surface area contributed by atoms with Gasteiger partial charge in [0.2, 0.25) is 0 Å². The number of nitrogens with zero attached hydrogens (tertiary/aromatic N) is 3. The Kier molecular flexibility index (Phi) is 3.36. The zero-order valence-electron chi connectivity index (χ0n) is 12.0. The number of nitrogens with one attached hydrogen (secondary N) is 2. The van der Waals surface area contributed by atoms with Gasteiger partial charge < -0.3 is 9.84 Å². The van der Waals surface area contributed by atoms with E-state index in [0.29, 0.717) is 36.4 Å². The summed E-state index contributed by atoms with van der Waals surface area (Å²) in [6.07, 6.45) is 2.10. The van der Waals surface area contributed by atoms with Gasteiger partial charge in [-0.3, -0.25) is 9.36 Å². The third-order valence-corrected chi connectivity index (χ3v) is 3.85. The number of fused-ring (bicyclic) bond motifs is 1. The SMILES string of the molecule is Cc1noc(C)c1C(=O)N[C@H]1CCc2n[nH]c(=O)n2CC1. The van der Waals surface area contributed by atoms with Crippen molar-refractivity contribution in [1.82, 2.24) is 25.2 Å². The van der Waals surface area contributed by atoms with Crippen molar-refractivity contribution < 1.29 is 9.32 Å². The van der Waals surface area contributed by atoms with Crippen molar-refractivity contribution in [2.45, 2.75) is 45.7 Å². The van der Waals surface area contributed by atoms with E-state index in [2.05, 4.69) is 20.7 Å². The molecule has 112 valence electrons. The molecule has 2 aromatic heterocycles. The number of hydrogen-bond acceptors (Lipinski definition) is 5. The van der Waals surface area contributed by atoms with Crippen LogP contribution in [0.1, 0.15) is 40.5 Å². The third kappa shape index (κ3) is 2.48. The van der Waals surface area contributed by atoms with Crippen molar-refractivity contribution >= 4 is 5.91 Å². The van der Waals surface area contributed by atoms with Gasteiger partial charge in [-0.05, 0) is 26.7 Å². The van der Waals surface area contributed by atoms with E-state index < -0.39 is 0 Å². The molecular formula is C13H17N5O3. The minimum Gasteiger partial charge on any atom is -0.361 e. The fourth-order valence-electron chi connectivity index (χ4n) is 2.71. The predicted molar refractivity (Wildman–Crippen MR) is 73.0 cm³/mol. The fraction of sp³-hybridized carbons (Fsp3) is 0.538. The molecule has 1 amide bonds. The van der Waals surface area contributed by atoms with Crippen LogP contribution in [-0.4, -0.2) is 31.9 Å². The standard InChI is InChI=1S/C13H17N5O3/c1-7-11(8(2)21-17-7)12(19)14-9-3-4-10-15-16-13(20)18(10)6-5-9/h9H,3-6H2,1-2H3,(H,14,19)(H,16,20)/t9-/m0/s1. The summed E-state index contributed by atoms with van der Waals surface area (Å²) in [5.74, 6) is 1.08. The third-order valence-electron chi connectivity index (χ3n) is 3.85. The average molecular weight is 291 g/mol. The number of aromatic nitrogens is 4. The molecule has 0 radical (unpaired) electrons. The first-order chi connectivity index (χ1) is 10.1. The highest BCUT2D eigenvalue weighted by molar-refractivity contribution is 5.96. The Labute approximate surface area is 120 Å². The molecule has 0 fully saturated rings. The molecule has 3 heterocycles. The minimum absolute atomic E-state index is 0.00676. The lowest BCUT2D eigenvalue weighted by atomic mass is 10.1. The number of hydrogen-bond donors (Lipinski definition) is 2. The van der Waals surface area contributed by atoms with Gasteiger partial charge in [0.25, 0.3) is 5.91 Å². The zero-order chi connectivity index (χ0) is 15.0. The largest absolute Gasteiger partial charge is 0.361 e. The molecule has 0 aliphatic carbocycles. The van der Waals surface area contributed by atoms with Gasteiger partial charge in [-0.15, -0.1) is 0 Å². The van der Waals surface area contributed by atoms with Crippen molar-refractivity contribution in [2.75, 3.05) is 0 Å². The second kappa shape index (κ2) is 5.19. The van der Waals surface area contributed by atoms with E-state index in [9.17, 15) is 9.59 Å². The normalized spacial score (nSPS) is 18.1. The molecule has 0 saturated heterocycles. The number of aromatic amines is 1. The van der Waals surface area contributed by atoms with Crippen molar-refractivity contribution in [3.05, 3.63) is 33.3 Å². The Hall–Kier alpha value is -2.38. The smallest absolute Gasteiger partial charge is 0.343 e. The Bertz CT molecular complexity index is 707. The molecule has 3 rings (SSSR count). The summed E-state index contributed by atoms with van der Waals surface area (Å²) in [5, 5.41) is 13.2. The van der Waals surface area contributed by atoms with Gasteiger partial charge in [0.1, 0.15) is 17.1 Å². The second-order valence-corrected chi connectivity index (χ2v) is 5.29. The molecule has 0 aromatic carbocycles. The molecule has 0 unspecified atom stereocenters. The van der Waals surface area contributed by atoms with Crippen LogP contribution < -0.4 is 11.0 Å². The summed E-state index contributed by atoms with van der Waals surface area (Å²) >= 11 is 0. The van der Waals surface area contributed by atoms with Crippen LogP contribution >= 0.6 is 0 Å². The van der Waals surface area contributed by atoms with Crippen molar-refractivity contribution in [1.29, 1.82) is 0 Å². The number of carbonyl (C=O) groups excluding carboxylic acids is 1. The van der Waals surface area contributed by atoms with E-state index in [0.717, 1.165) is 12.2 Å². The van der Waals surface area contributed by atoms with Crippen molar-refractivity contribution in [2.24, 2.45) is 0 Å². The zero-order valence-corrected chi connectivity index (χ0v) is 12.0. The average Bonchev–Trinajstić information content (AvgIpc) is 2.88. The highest BCUT2D eigenvalue weighted by Crippen LogP contribution is 2.15. The van der Waals surface area contributed by atoms with Crippen LogP contribution in [0.2, 0.25) is 0 Å². The molecule has 2 N–H and O–H groups in total.